The number of hydrogen-bond acceptors (Lipinski definition) is 7. The molecule has 3 atom stereocenters. The van der Waals surface area contributed by atoms with Crippen molar-refractivity contribution in [2.24, 2.45) is 11.8 Å². The number of methoxy groups -OCH3 is 3. The fourth-order valence-electron chi connectivity index (χ4n) is 4.46. The zero-order chi connectivity index (χ0) is 23.0. The van der Waals surface area contributed by atoms with E-state index in [9.17, 15) is 9.59 Å². The average molecular weight is 501 g/mol. The van der Waals surface area contributed by atoms with Crippen LogP contribution in [0, 0.1) is 11.8 Å². The molecule has 32 heavy (non-hydrogen) atoms. The fraction of sp³-hybridized carbons (Fsp3) is 0.333. The van der Waals surface area contributed by atoms with Crippen LogP contribution in [0.15, 0.2) is 52.1 Å². The molecule has 7 nitrogen and oxygen atoms in total. The van der Waals surface area contributed by atoms with E-state index < -0.39 is 17.9 Å². The number of para-hydroxylation sites is 2. The largest absolute Gasteiger partial charge is 0.493 e. The second kappa shape index (κ2) is 8.86. The summed E-state index contributed by atoms with van der Waals surface area (Å²) < 4.78 is 16.6. The Hall–Kier alpha value is -3.00. The summed E-state index contributed by atoms with van der Waals surface area (Å²) >= 11 is 3.64. The summed E-state index contributed by atoms with van der Waals surface area (Å²) in [7, 11) is 4.45. The summed E-state index contributed by atoms with van der Waals surface area (Å²) in [5, 5.41) is 6.95. The quantitative estimate of drug-likeness (QED) is 0.464. The molecule has 1 aliphatic heterocycles. The predicted octanol–water partition coefficient (Wildman–Crippen LogP) is 4.70. The smallest absolute Gasteiger partial charge is 0.316 e. The molecular weight excluding hydrogens is 476 g/mol. The molecular formula is C24H25BrN2O5. The summed E-state index contributed by atoms with van der Waals surface area (Å²) in [5.41, 5.74) is 3.83. The van der Waals surface area contributed by atoms with Crippen LogP contribution in [0.25, 0.3) is 0 Å². The van der Waals surface area contributed by atoms with Gasteiger partial charge in [-0.25, -0.2) is 0 Å². The van der Waals surface area contributed by atoms with Gasteiger partial charge >= 0.3 is 5.97 Å². The number of esters is 1. The number of ether oxygens (including phenoxy) is 3. The summed E-state index contributed by atoms with van der Waals surface area (Å²) in [6.45, 7) is 1.90. The van der Waals surface area contributed by atoms with Gasteiger partial charge in [-0.3, -0.25) is 9.59 Å². The lowest BCUT2D eigenvalue weighted by molar-refractivity contribution is -0.151. The summed E-state index contributed by atoms with van der Waals surface area (Å²) in [6, 6.07) is 10.9. The number of carbonyl (C=O) groups is 2. The molecule has 0 amide bonds. The minimum atomic E-state index is -0.856. The van der Waals surface area contributed by atoms with Crippen LogP contribution in [0.3, 0.4) is 0 Å². The topological polar surface area (TPSA) is 85.9 Å². The van der Waals surface area contributed by atoms with Gasteiger partial charge in [0.05, 0.1) is 38.7 Å². The molecule has 1 aliphatic carbocycles. The number of anilines is 2. The van der Waals surface area contributed by atoms with Crippen LogP contribution in [0.5, 0.6) is 11.5 Å². The molecule has 0 aromatic heterocycles. The minimum absolute atomic E-state index is 0.194. The third kappa shape index (κ3) is 3.72. The molecule has 2 aromatic carbocycles. The molecule has 1 heterocycles. The van der Waals surface area contributed by atoms with E-state index in [2.05, 4.69) is 26.6 Å². The van der Waals surface area contributed by atoms with Gasteiger partial charge < -0.3 is 24.8 Å². The van der Waals surface area contributed by atoms with E-state index in [0.29, 0.717) is 23.5 Å². The minimum Gasteiger partial charge on any atom is -0.493 e. The number of Topliss-reactive ketones (excluding diaryl/α,β-unsaturated/α-hetero) is 1. The molecule has 0 radical (unpaired) electrons. The standard InChI is InChI=1S/C24H25BrN2O5/c1-12-9-17-21(23(28)20(12)24(29)32-4)22(27-16-8-6-5-7-15(16)26-17)13-10-18(30-2)19(31-3)11-14(13)25/h5-8,10-12,20,22,26-27H,9H2,1-4H3/t12-,20-,22-/m1/s1. The Morgan fingerprint density at radius 1 is 1.06 bits per heavy atom. The van der Waals surface area contributed by atoms with Crippen LogP contribution in [0.1, 0.15) is 24.9 Å². The van der Waals surface area contributed by atoms with Crippen molar-refractivity contribution in [3.63, 3.8) is 0 Å². The maximum Gasteiger partial charge on any atom is 0.316 e. The molecule has 2 aliphatic rings. The third-order valence-electron chi connectivity index (χ3n) is 6.04. The lowest BCUT2D eigenvalue weighted by Crippen LogP contribution is -2.39. The Morgan fingerprint density at radius 2 is 1.72 bits per heavy atom. The van der Waals surface area contributed by atoms with Gasteiger partial charge in [0.2, 0.25) is 0 Å². The number of rotatable bonds is 4. The Balaban J connectivity index is 1.92. The van der Waals surface area contributed by atoms with E-state index in [4.69, 9.17) is 14.2 Å². The highest BCUT2D eigenvalue weighted by Crippen LogP contribution is 2.46. The van der Waals surface area contributed by atoms with E-state index in [1.165, 1.54) is 7.11 Å². The Kier molecular flexibility index (Phi) is 6.15. The number of halogens is 1. The van der Waals surface area contributed by atoms with Gasteiger partial charge in [0.1, 0.15) is 5.92 Å². The molecule has 4 rings (SSSR count). The van der Waals surface area contributed by atoms with Crippen LogP contribution >= 0.6 is 15.9 Å². The van der Waals surface area contributed by atoms with Crippen LogP contribution in [0.4, 0.5) is 11.4 Å². The van der Waals surface area contributed by atoms with Crippen LogP contribution in [-0.2, 0) is 14.3 Å². The van der Waals surface area contributed by atoms with Crippen molar-refractivity contribution >= 4 is 39.1 Å². The number of ketones is 1. The van der Waals surface area contributed by atoms with Crippen LogP contribution < -0.4 is 20.1 Å². The maximum atomic E-state index is 13.7. The van der Waals surface area contributed by atoms with Crippen LogP contribution in [-0.4, -0.2) is 33.1 Å². The van der Waals surface area contributed by atoms with Crippen molar-refractivity contribution < 1.29 is 23.8 Å². The molecule has 2 N–H and O–H groups in total. The fourth-order valence-corrected chi connectivity index (χ4v) is 5.01. The first-order valence-electron chi connectivity index (χ1n) is 10.3. The van der Waals surface area contributed by atoms with E-state index in [1.54, 1.807) is 14.2 Å². The summed E-state index contributed by atoms with van der Waals surface area (Å²) in [4.78, 5) is 26.2. The molecule has 2 aromatic rings. The Morgan fingerprint density at radius 3 is 2.38 bits per heavy atom. The third-order valence-corrected chi connectivity index (χ3v) is 6.73. The normalized spacial score (nSPS) is 22.0. The molecule has 0 saturated heterocycles. The number of nitrogens with one attached hydrogen (secondary N) is 2. The number of carbonyl (C=O) groups excluding carboxylic acids is 2. The van der Waals surface area contributed by atoms with Gasteiger partial charge in [-0.2, -0.15) is 0 Å². The van der Waals surface area contributed by atoms with E-state index >= 15 is 0 Å². The van der Waals surface area contributed by atoms with Gasteiger partial charge in [0.25, 0.3) is 0 Å². The predicted molar refractivity (Wildman–Crippen MR) is 125 cm³/mol. The monoisotopic (exact) mass is 500 g/mol. The van der Waals surface area contributed by atoms with Crippen molar-refractivity contribution in [1.29, 1.82) is 0 Å². The number of benzene rings is 2. The van der Waals surface area contributed by atoms with E-state index in [1.807, 2.05) is 43.3 Å². The maximum absolute atomic E-state index is 13.7. The zero-order valence-corrected chi connectivity index (χ0v) is 19.9. The van der Waals surface area contributed by atoms with Gasteiger partial charge in [0, 0.05) is 15.7 Å². The van der Waals surface area contributed by atoms with Crippen molar-refractivity contribution in [3.8, 4) is 11.5 Å². The average Bonchev–Trinajstić information content (AvgIpc) is 2.95. The Bertz CT molecular complexity index is 1110. The van der Waals surface area contributed by atoms with Crippen molar-refractivity contribution in [2.75, 3.05) is 32.0 Å². The van der Waals surface area contributed by atoms with Crippen molar-refractivity contribution in [3.05, 3.63) is 57.7 Å². The molecule has 0 unspecified atom stereocenters. The highest BCUT2D eigenvalue weighted by molar-refractivity contribution is 9.10. The van der Waals surface area contributed by atoms with Gasteiger partial charge in [-0.05, 0) is 42.2 Å². The lowest BCUT2D eigenvalue weighted by Gasteiger charge is -2.33. The molecule has 168 valence electrons. The molecule has 0 fully saturated rings. The number of fused-ring (bicyclic) bond motifs is 1. The van der Waals surface area contributed by atoms with Crippen LogP contribution in [0.2, 0.25) is 0 Å². The SMILES string of the molecule is COC(=O)[C@H]1C(=O)C2=C(C[C@H]1C)Nc1ccccc1N[C@@H]2c1cc(OC)c(OC)cc1Br. The van der Waals surface area contributed by atoms with Gasteiger partial charge in [-0.1, -0.05) is 35.0 Å². The number of allylic oxidation sites excluding steroid dienone is 1. The molecule has 0 spiro atoms. The Labute approximate surface area is 195 Å². The highest BCUT2D eigenvalue weighted by atomic mass is 79.9. The summed E-state index contributed by atoms with van der Waals surface area (Å²) in [6.07, 6.45) is 0.540. The molecule has 0 saturated carbocycles. The van der Waals surface area contributed by atoms with E-state index in [0.717, 1.165) is 27.1 Å². The second-order valence-corrected chi connectivity index (χ2v) is 8.77. The van der Waals surface area contributed by atoms with Gasteiger partial charge in [-0.15, -0.1) is 0 Å². The molecule has 8 heteroatoms. The van der Waals surface area contributed by atoms with Crippen molar-refractivity contribution in [1.82, 2.24) is 0 Å². The molecule has 0 bridgehead atoms. The van der Waals surface area contributed by atoms with E-state index in [-0.39, 0.29) is 11.7 Å². The zero-order valence-electron chi connectivity index (χ0n) is 18.3. The lowest BCUT2D eigenvalue weighted by atomic mass is 9.75. The first-order chi connectivity index (χ1) is 15.4. The summed E-state index contributed by atoms with van der Waals surface area (Å²) in [5.74, 6) is -0.696. The first kappa shape index (κ1) is 22.2. The van der Waals surface area contributed by atoms with Crippen molar-refractivity contribution in [2.45, 2.75) is 19.4 Å². The van der Waals surface area contributed by atoms with Gasteiger partial charge in [0.15, 0.2) is 17.3 Å². The second-order valence-electron chi connectivity index (χ2n) is 7.92. The highest BCUT2D eigenvalue weighted by Gasteiger charge is 2.44. The number of hydrogen-bond donors (Lipinski definition) is 2. The first-order valence-corrected chi connectivity index (χ1v) is 11.1.